The Balaban J connectivity index is 2.17. The van der Waals surface area contributed by atoms with Crippen LogP contribution in [0.1, 0.15) is 5.82 Å². The highest BCUT2D eigenvalue weighted by atomic mass is 35.5. The van der Waals surface area contributed by atoms with Crippen molar-refractivity contribution in [3.8, 4) is 22.8 Å². The van der Waals surface area contributed by atoms with Crippen molar-refractivity contribution >= 4 is 34.1 Å². The fourth-order valence-electron chi connectivity index (χ4n) is 2.46. The molecule has 8 heteroatoms. The van der Waals surface area contributed by atoms with E-state index >= 15 is 0 Å². The van der Waals surface area contributed by atoms with Crippen LogP contribution in [0.3, 0.4) is 0 Å². The van der Waals surface area contributed by atoms with E-state index in [1.165, 1.54) is 14.2 Å². The smallest absolute Gasteiger partial charge is 0.142 e. The largest absolute Gasteiger partial charge is 0.495 e. The monoisotopic (exact) mass is 378 g/mol. The van der Waals surface area contributed by atoms with Crippen LogP contribution in [0.15, 0.2) is 24.5 Å². The normalized spacial score (nSPS) is 10.9. The minimum atomic E-state index is 0.368. The van der Waals surface area contributed by atoms with Gasteiger partial charge in [0, 0.05) is 23.2 Å². The average Bonchev–Trinajstić information content (AvgIpc) is 2.62. The highest BCUT2D eigenvalue weighted by Crippen LogP contribution is 2.45. The van der Waals surface area contributed by atoms with Gasteiger partial charge in [-0.2, -0.15) is 0 Å². The minimum absolute atomic E-state index is 0.368. The Morgan fingerprint density at radius 3 is 2.28 bits per heavy atom. The minimum Gasteiger partial charge on any atom is -0.495 e. The van der Waals surface area contributed by atoms with Crippen LogP contribution in [0, 0.1) is 0 Å². The lowest BCUT2D eigenvalue weighted by atomic mass is 10.1. The summed E-state index contributed by atoms with van der Waals surface area (Å²) in [6, 6.07) is 3.48. The standard InChI is InChI=1S/C17H16Cl2N4O2/c1-20-8-14-22-6-9-4-10(21-7-11(9)23-14)15-16(18)12(24-2)5-13(25-3)17(15)19/h4-7,20H,8H2,1-3H3. The maximum atomic E-state index is 6.45. The Morgan fingerprint density at radius 2 is 1.68 bits per heavy atom. The highest BCUT2D eigenvalue weighted by Gasteiger charge is 2.20. The zero-order chi connectivity index (χ0) is 18.0. The van der Waals surface area contributed by atoms with E-state index in [2.05, 4.69) is 20.3 Å². The molecule has 1 N–H and O–H groups in total. The molecule has 130 valence electrons. The number of nitrogens with zero attached hydrogens (tertiary/aromatic N) is 3. The first-order valence-corrected chi connectivity index (χ1v) is 8.21. The van der Waals surface area contributed by atoms with Crippen molar-refractivity contribution in [1.82, 2.24) is 20.3 Å². The van der Waals surface area contributed by atoms with Crippen LogP contribution < -0.4 is 14.8 Å². The van der Waals surface area contributed by atoms with Gasteiger partial charge in [-0.1, -0.05) is 23.2 Å². The molecule has 0 radical (unpaired) electrons. The third-order valence-electron chi connectivity index (χ3n) is 3.68. The second-order valence-corrected chi connectivity index (χ2v) is 5.98. The Morgan fingerprint density at radius 1 is 1.00 bits per heavy atom. The molecule has 0 spiro atoms. The van der Waals surface area contributed by atoms with Gasteiger partial charge in [0.05, 0.1) is 48.2 Å². The maximum Gasteiger partial charge on any atom is 0.142 e. The molecule has 0 bridgehead atoms. The number of nitrogens with one attached hydrogen (secondary N) is 1. The van der Waals surface area contributed by atoms with Gasteiger partial charge in [-0.25, -0.2) is 9.97 Å². The van der Waals surface area contributed by atoms with Gasteiger partial charge in [0.25, 0.3) is 0 Å². The van der Waals surface area contributed by atoms with Crippen LogP contribution in [0.2, 0.25) is 10.0 Å². The molecule has 2 aromatic heterocycles. The van der Waals surface area contributed by atoms with E-state index in [1.54, 1.807) is 18.5 Å². The quantitative estimate of drug-likeness (QED) is 0.729. The van der Waals surface area contributed by atoms with Crippen molar-refractivity contribution in [3.63, 3.8) is 0 Å². The molecule has 3 aromatic rings. The number of hydrogen-bond acceptors (Lipinski definition) is 6. The molecule has 0 aliphatic carbocycles. The summed E-state index contributed by atoms with van der Waals surface area (Å²) in [5.41, 5.74) is 1.87. The molecule has 0 aliphatic heterocycles. The number of halogens is 2. The predicted molar refractivity (Wildman–Crippen MR) is 98.7 cm³/mol. The van der Waals surface area contributed by atoms with Crippen LogP contribution >= 0.6 is 23.2 Å². The Labute approximate surface area is 155 Å². The SMILES string of the molecule is CNCc1ncc2cc(-c3c(Cl)c(OC)cc(OC)c3Cl)ncc2n1. The van der Waals surface area contributed by atoms with Gasteiger partial charge in [-0.15, -0.1) is 0 Å². The number of methoxy groups -OCH3 is 2. The first-order valence-electron chi connectivity index (χ1n) is 7.45. The number of hydrogen-bond donors (Lipinski definition) is 1. The first-order chi connectivity index (χ1) is 12.1. The van der Waals surface area contributed by atoms with Crippen LogP contribution in [-0.2, 0) is 6.54 Å². The lowest BCUT2D eigenvalue weighted by Crippen LogP contribution is -2.08. The molecule has 0 unspecified atom stereocenters. The summed E-state index contributed by atoms with van der Waals surface area (Å²) in [6.45, 7) is 0.586. The molecule has 3 rings (SSSR count). The zero-order valence-electron chi connectivity index (χ0n) is 13.9. The number of ether oxygens (including phenoxy) is 2. The second kappa shape index (κ2) is 7.39. The predicted octanol–water partition coefficient (Wildman–Crippen LogP) is 3.74. The Hall–Kier alpha value is -2.15. The van der Waals surface area contributed by atoms with Gasteiger partial charge in [0.15, 0.2) is 0 Å². The van der Waals surface area contributed by atoms with E-state index < -0.39 is 0 Å². The molecule has 0 saturated carbocycles. The van der Waals surface area contributed by atoms with E-state index in [9.17, 15) is 0 Å². The average molecular weight is 379 g/mol. The van der Waals surface area contributed by atoms with E-state index in [4.69, 9.17) is 32.7 Å². The lowest BCUT2D eigenvalue weighted by Gasteiger charge is -2.14. The second-order valence-electron chi connectivity index (χ2n) is 5.23. The summed E-state index contributed by atoms with van der Waals surface area (Å²) in [7, 11) is 4.90. The molecule has 2 heterocycles. The van der Waals surface area contributed by atoms with Crippen molar-refractivity contribution in [2.45, 2.75) is 6.54 Å². The molecule has 0 atom stereocenters. The van der Waals surface area contributed by atoms with E-state index in [1.807, 2.05) is 13.1 Å². The fourth-order valence-corrected chi connectivity index (χ4v) is 3.16. The van der Waals surface area contributed by atoms with Crippen molar-refractivity contribution < 1.29 is 9.47 Å². The molecule has 0 aliphatic rings. The van der Waals surface area contributed by atoms with Gasteiger partial charge >= 0.3 is 0 Å². The van der Waals surface area contributed by atoms with Crippen molar-refractivity contribution in [3.05, 3.63) is 40.4 Å². The fraction of sp³-hybridized carbons (Fsp3) is 0.235. The van der Waals surface area contributed by atoms with Crippen LogP contribution in [0.25, 0.3) is 22.2 Å². The Kier molecular flexibility index (Phi) is 5.22. The summed E-state index contributed by atoms with van der Waals surface area (Å²) >= 11 is 12.9. The van der Waals surface area contributed by atoms with Crippen molar-refractivity contribution in [2.24, 2.45) is 0 Å². The third kappa shape index (κ3) is 3.33. The van der Waals surface area contributed by atoms with Crippen LogP contribution in [0.5, 0.6) is 11.5 Å². The van der Waals surface area contributed by atoms with Crippen LogP contribution in [-0.4, -0.2) is 36.2 Å². The summed E-state index contributed by atoms with van der Waals surface area (Å²) in [4.78, 5) is 13.2. The number of aromatic nitrogens is 3. The topological polar surface area (TPSA) is 69.2 Å². The zero-order valence-corrected chi connectivity index (χ0v) is 15.4. The number of rotatable bonds is 5. The van der Waals surface area contributed by atoms with E-state index in [-0.39, 0.29) is 0 Å². The molecule has 6 nitrogen and oxygen atoms in total. The van der Waals surface area contributed by atoms with Crippen molar-refractivity contribution in [2.75, 3.05) is 21.3 Å². The summed E-state index contributed by atoms with van der Waals surface area (Å²) in [5, 5.41) is 4.59. The van der Waals surface area contributed by atoms with Crippen molar-refractivity contribution in [1.29, 1.82) is 0 Å². The molecule has 0 saturated heterocycles. The number of fused-ring (bicyclic) bond motifs is 1. The summed E-state index contributed by atoms with van der Waals surface area (Å²) in [6.07, 6.45) is 3.42. The molecule has 1 aromatic carbocycles. The molecule has 25 heavy (non-hydrogen) atoms. The molecular weight excluding hydrogens is 363 g/mol. The summed E-state index contributed by atoms with van der Waals surface area (Å²) < 4.78 is 10.6. The maximum absolute atomic E-state index is 6.45. The van der Waals surface area contributed by atoms with Gasteiger partial charge in [0.2, 0.25) is 0 Å². The van der Waals surface area contributed by atoms with Gasteiger partial charge < -0.3 is 14.8 Å². The summed E-state index contributed by atoms with van der Waals surface area (Å²) in [5.74, 6) is 1.62. The van der Waals surface area contributed by atoms with E-state index in [0.29, 0.717) is 45.2 Å². The highest BCUT2D eigenvalue weighted by molar-refractivity contribution is 6.41. The number of pyridine rings is 1. The number of benzene rings is 1. The molecular formula is C17H16Cl2N4O2. The lowest BCUT2D eigenvalue weighted by molar-refractivity contribution is 0.395. The molecule has 0 amide bonds. The Bertz CT molecular complexity index is 906. The van der Waals surface area contributed by atoms with Gasteiger partial charge in [-0.3, -0.25) is 4.98 Å². The molecule has 0 fully saturated rings. The van der Waals surface area contributed by atoms with E-state index in [0.717, 1.165) is 10.9 Å². The van der Waals surface area contributed by atoms with Gasteiger partial charge in [0.1, 0.15) is 17.3 Å². The van der Waals surface area contributed by atoms with Crippen LogP contribution in [0.4, 0.5) is 0 Å². The van der Waals surface area contributed by atoms with Gasteiger partial charge in [-0.05, 0) is 13.1 Å². The first kappa shape index (κ1) is 17.7. The third-order valence-corrected chi connectivity index (χ3v) is 4.43.